The van der Waals surface area contributed by atoms with E-state index in [-0.39, 0.29) is 0 Å². The van der Waals surface area contributed by atoms with Crippen molar-refractivity contribution in [3.63, 3.8) is 0 Å². The molecule has 0 spiro atoms. The minimum atomic E-state index is 0.642. The fourth-order valence-electron chi connectivity index (χ4n) is 2.61. The molecular formula is C15H32N2. The molecule has 1 aliphatic carbocycles. The summed E-state index contributed by atoms with van der Waals surface area (Å²) < 4.78 is 0. The number of hydrogen-bond acceptors (Lipinski definition) is 2. The van der Waals surface area contributed by atoms with Gasteiger partial charge >= 0.3 is 0 Å². The van der Waals surface area contributed by atoms with Crippen molar-refractivity contribution in [1.29, 1.82) is 0 Å². The van der Waals surface area contributed by atoms with Crippen LogP contribution in [0.5, 0.6) is 0 Å². The molecule has 1 aliphatic rings. The van der Waals surface area contributed by atoms with Crippen molar-refractivity contribution in [2.75, 3.05) is 13.1 Å². The van der Waals surface area contributed by atoms with Crippen LogP contribution in [0.1, 0.15) is 71.6 Å². The van der Waals surface area contributed by atoms with Gasteiger partial charge in [0.05, 0.1) is 0 Å². The normalized spacial score (nSPS) is 17.8. The Morgan fingerprint density at radius 1 is 0.882 bits per heavy atom. The highest BCUT2D eigenvalue weighted by molar-refractivity contribution is 4.71. The van der Waals surface area contributed by atoms with Crippen LogP contribution in [0.15, 0.2) is 0 Å². The van der Waals surface area contributed by atoms with Gasteiger partial charge in [-0.3, -0.25) is 0 Å². The van der Waals surface area contributed by atoms with E-state index in [1.54, 1.807) is 0 Å². The Hall–Kier alpha value is -0.0800. The fraction of sp³-hybridized carbons (Fsp3) is 1.00. The van der Waals surface area contributed by atoms with Crippen molar-refractivity contribution in [2.45, 2.75) is 83.7 Å². The summed E-state index contributed by atoms with van der Waals surface area (Å²) >= 11 is 0. The van der Waals surface area contributed by atoms with E-state index < -0.39 is 0 Å². The van der Waals surface area contributed by atoms with Gasteiger partial charge in [0.25, 0.3) is 0 Å². The molecule has 0 bridgehead atoms. The van der Waals surface area contributed by atoms with E-state index in [4.69, 9.17) is 0 Å². The Balaban J connectivity index is 1.78. The lowest BCUT2D eigenvalue weighted by Crippen LogP contribution is -2.31. The smallest absolute Gasteiger partial charge is 0.00670 e. The van der Waals surface area contributed by atoms with Crippen molar-refractivity contribution in [3.05, 3.63) is 0 Å². The maximum atomic E-state index is 3.72. The number of hydrogen-bond donors (Lipinski definition) is 2. The second kappa shape index (κ2) is 9.90. The third-order valence-electron chi connectivity index (χ3n) is 3.69. The minimum Gasteiger partial charge on any atom is -0.315 e. The van der Waals surface area contributed by atoms with Crippen LogP contribution in [0, 0.1) is 0 Å². The van der Waals surface area contributed by atoms with E-state index in [1.807, 2.05) is 0 Å². The molecule has 0 atom stereocenters. The highest BCUT2D eigenvalue weighted by atomic mass is 14.9. The predicted octanol–water partition coefficient (Wildman–Crippen LogP) is 3.47. The highest BCUT2D eigenvalue weighted by Crippen LogP contribution is 2.17. The first-order valence-corrected chi connectivity index (χ1v) is 7.76. The van der Waals surface area contributed by atoms with Crippen LogP contribution in [0.25, 0.3) is 0 Å². The van der Waals surface area contributed by atoms with Crippen LogP contribution < -0.4 is 10.6 Å². The number of nitrogens with one attached hydrogen (secondary N) is 2. The Labute approximate surface area is 108 Å². The maximum absolute atomic E-state index is 3.72. The monoisotopic (exact) mass is 240 g/mol. The van der Waals surface area contributed by atoms with Gasteiger partial charge in [-0.1, -0.05) is 46.0 Å². The van der Waals surface area contributed by atoms with Crippen molar-refractivity contribution in [2.24, 2.45) is 0 Å². The molecule has 0 radical (unpaired) electrons. The van der Waals surface area contributed by atoms with Crippen LogP contribution in [-0.4, -0.2) is 25.2 Å². The molecule has 2 nitrogen and oxygen atoms in total. The van der Waals surface area contributed by atoms with Gasteiger partial charge in [0.1, 0.15) is 0 Å². The molecule has 0 amide bonds. The summed E-state index contributed by atoms with van der Waals surface area (Å²) in [6, 6.07) is 1.48. The molecular weight excluding hydrogens is 208 g/mol. The third-order valence-corrected chi connectivity index (χ3v) is 3.69. The van der Waals surface area contributed by atoms with Gasteiger partial charge in [-0.15, -0.1) is 0 Å². The van der Waals surface area contributed by atoms with E-state index in [9.17, 15) is 0 Å². The summed E-state index contributed by atoms with van der Waals surface area (Å²) in [7, 11) is 0. The minimum absolute atomic E-state index is 0.642. The van der Waals surface area contributed by atoms with Gasteiger partial charge in [0, 0.05) is 12.1 Å². The van der Waals surface area contributed by atoms with E-state index >= 15 is 0 Å². The quantitative estimate of drug-likeness (QED) is 0.603. The summed E-state index contributed by atoms with van der Waals surface area (Å²) in [6.07, 6.45) is 12.6. The van der Waals surface area contributed by atoms with Crippen LogP contribution >= 0.6 is 0 Å². The van der Waals surface area contributed by atoms with Gasteiger partial charge in [-0.25, -0.2) is 0 Å². The summed E-state index contributed by atoms with van der Waals surface area (Å²) in [5.74, 6) is 0. The van der Waals surface area contributed by atoms with Crippen molar-refractivity contribution >= 4 is 0 Å². The zero-order valence-corrected chi connectivity index (χ0v) is 11.9. The maximum Gasteiger partial charge on any atom is 0.00670 e. The van der Waals surface area contributed by atoms with Gasteiger partial charge < -0.3 is 10.6 Å². The fourth-order valence-corrected chi connectivity index (χ4v) is 2.61. The Morgan fingerprint density at radius 2 is 1.53 bits per heavy atom. The van der Waals surface area contributed by atoms with Gasteiger partial charge in [0.15, 0.2) is 0 Å². The molecule has 1 fully saturated rings. The lowest BCUT2D eigenvalue weighted by atomic mass is 9.95. The molecule has 0 aromatic heterocycles. The molecule has 0 heterocycles. The van der Waals surface area contributed by atoms with E-state index in [0.717, 1.165) is 6.04 Å². The lowest BCUT2D eigenvalue weighted by molar-refractivity contribution is 0.369. The van der Waals surface area contributed by atoms with E-state index in [2.05, 4.69) is 24.5 Å². The topological polar surface area (TPSA) is 24.1 Å². The van der Waals surface area contributed by atoms with E-state index in [1.165, 1.54) is 70.9 Å². The van der Waals surface area contributed by atoms with Gasteiger partial charge in [-0.05, 0) is 38.8 Å². The van der Waals surface area contributed by atoms with E-state index in [0.29, 0.717) is 6.04 Å². The molecule has 17 heavy (non-hydrogen) atoms. The molecule has 0 aromatic rings. The molecule has 0 saturated heterocycles. The Morgan fingerprint density at radius 3 is 2.18 bits per heavy atom. The molecule has 102 valence electrons. The SMILES string of the molecule is CC(C)NCCCCCCNC1CCCCC1. The van der Waals surface area contributed by atoms with Gasteiger partial charge in [-0.2, -0.15) is 0 Å². The summed E-state index contributed by atoms with van der Waals surface area (Å²) in [5.41, 5.74) is 0. The second-order valence-corrected chi connectivity index (χ2v) is 5.81. The molecule has 0 aliphatic heterocycles. The second-order valence-electron chi connectivity index (χ2n) is 5.81. The van der Waals surface area contributed by atoms with Crippen molar-refractivity contribution in [1.82, 2.24) is 10.6 Å². The molecule has 0 aromatic carbocycles. The van der Waals surface area contributed by atoms with Crippen LogP contribution in [-0.2, 0) is 0 Å². The first-order chi connectivity index (χ1) is 8.29. The Kier molecular flexibility index (Phi) is 8.72. The Bertz CT molecular complexity index is 162. The number of rotatable bonds is 9. The van der Waals surface area contributed by atoms with Crippen LogP contribution in [0.4, 0.5) is 0 Å². The average Bonchev–Trinajstić information content (AvgIpc) is 2.33. The number of unbranched alkanes of at least 4 members (excludes halogenated alkanes) is 3. The first kappa shape index (κ1) is 15.0. The van der Waals surface area contributed by atoms with Crippen molar-refractivity contribution < 1.29 is 0 Å². The summed E-state index contributed by atoms with van der Waals surface area (Å²) in [4.78, 5) is 0. The first-order valence-electron chi connectivity index (χ1n) is 7.76. The average molecular weight is 240 g/mol. The van der Waals surface area contributed by atoms with Crippen LogP contribution in [0.2, 0.25) is 0 Å². The van der Waals surface area contributed by atoms with Crippen LogP contribution in [0.3, 0.4) is 0 Å². The molecule has 1 saturated carbocycles. The molecule has 0 unspecified atom stereocenters. The zero-order chi connectivity index (χ0) is 12.3. The standard InChI is InChI=1S/C15H32N2/c1-14(2)16-12-8-3-4-9-13-17-15-10-6-5-7-11-15/h14-17H,3-13H2,1-2H3. The zero-order valence-electron chi connectivity index (χ0n) is 11.9. The highest BCUT2D eigenvalue weighted by Gasteiger charge is 2.11. The lowest BCUT2D eigenvalue weighted by Gasteiger charge is -2.22. The summed E-state index contributed by atoms with van der Waals surface area (Å²) in [5, 5.41) is 7.19. The van der Waals surface area contributed by atoms with Gasteiger partial charge in [0.2, 0.25) is 0 Å². The molecule has 2 N–H and O–H groups in total. The largest absolute Gasteiger partial charge is 0.315 e. The summed E-state index contributed by atoms with van der Waals surface area (Å²) in [6.45, 7) is 6.86. The molecule has 2 heteroatoms. The predicted molar refractivity (Wildman–Crippen MR) is 76.5 cm³/mol. The third kappa shape index (κ3) is 8.62. The van der Waals surface area contributed by atoms with Crippen molar-refractivity contribution in [3.8, 4) is 0 Å². The molecule has 1 rings (SSSR count).